The second-order valence-corrected chi connectivity index (χ2v) is 23.7. The molecular weight excluding hydrogens is 795 g/mol. The fourth-order valence-electron chi connectivity index (χ4n) is 12.0. The average Bonchev–Trinajstić information content (AvgIpc) is 3.98. The number of fused-ring (bicyclic) bond motifs is 12. The molecule has 0 atom stereocenters. The number of benzene rings is 9. The standard InChI is InChI=1S/C60H45NSSi/c1-59(2)51-23-10-5-18-43(51)45-31-28-39(35-53(45)59)61(40-29-32-48-47-20-7-12-25-55(47)62-56(48)36-40)38-16-15-17-41(34-38)63(57-26-13-8-21-49(57)50-22-9-14-27-58(50)63)42-30-33-46-44-19-6-11-24-52(44)60(3,4)54(46)37-42/h5-37H,1-4H3. The summed E-state index contributed by atoms with van der Waals surface area (Å²) in [6, 6.07) is 76.9. The summed E-state index contributed by atoms with van der Waals surface area (Å²) in [5.41, 5.74) is 17.0. The van der Waals surface area contributed by atoms with Crippen LogP contribution in [0.4, 0.5) is 17.1 Å². The molecule has 1 aliphatic heterocycles. The molecule has 0 fully saturated rings. The quantitative estimate of drug-likeness (QED) is 0.156. The van der Waals surface area contributed by atoms with Crippen molar-refractivity contribution in [2.45, 2.75) is 38.5 Å². The molecule has 0 saturated heterocycles. The fraction of sp³-hybridized carbons (Fsp3) is 0.100. The predicted octanol–water partition coefficient (Wildman–Crippen LogP) is 13.5. The Balaban J connectivity index is 1.06. The number of anilines is 3. The monoisotopic (exact) mass is 839 g/mol. The minimum absolute atomic E-state index is 0.111. The predicted molar refractivity (Wildman–Crippen MR) is 272 cm³/mol. The Kier molecular flexibility index (Phi) is 7.67. The van der Waals surface area contributed by atoms with Crippen LogP contribution < -0.4 is 25.6 Å². The molecule has 0 amide bonds. The fourth-order valence-corrected chi connectivity index (χ4v) is 18.3. The molecule has 10 aromatic rings. The lowest BCUT2D eigenvalue weighted by atomic mass is 9.82. The first kappa shape index (κ1) is 36.8. The highest BCUT2D eigenvalue weighted by atomic mass is 32.1. The van der Waals surface area contributed by atoms with E-state index in [0.717, 1.165) is 0 Å². The highest BCUT2D eigenvalue weighted by Crippen LogP contribution is 2.52. The molecule has 63 heavy (non-hydrogen) atoms. The molecule has 2 heterocycles. The van der Waals surface area contributed by atoms with Gasteiger partial charge in [0.05, 0.1) is 0 Å². The summed E-state index contributed by atoms with van der Waals surface area (Å²) in [4.78, 5) is 2.53. The summed E-state index contributed by atoms with van der Waals surface area (Å²) in [6.07, 6.45) is 0. The first-order valence-electron chi connectivity index (χ1n) is 22.3. The van der Waals surface area contributed by atoms with Crippen LogP contribution in [0.15, 0.2) is 200 Å². The van der Waals surface area contributed by atoms with Crippen LogP contribution >= 0.6 is 11.3 Å². The highest BCUT2D eigenvalue weighted by Gasteiger charge is 2.50. The topological polar surface area (TPSA) is 3.24 Å². The van der Waals surface area contributed by atoms with E-state index in [9.17, 15) is 0 Å². The third-order valence-electron chi connectivity index (χ3n) is 15.0. The SMILES string of the molecule is CC1(C)c2ccccc2-c2ccc(N(c3cccc([Si]4(c5ccc6c(c5)C(C)(C)c5ccccc5-6)c5ccccc5-c5ccccc54)c3)c3ccc4c(c3)sc3ccccc34)cc21. The van der Waals surface area contributed by atoms with E-state index >= 15 is 0 Å². The number of hydrogen-bond acceptors (Lipinski definition) is 2. The van der Waals surface area contributed by atoms with Crippen LogP contribution in [-0.4, -0.2) is 8.07 Å². The van der Waals surface area contributed by atoms with Gasteiger partial charge in [0.25, 0.3) is 0 Å². The Hall–Kier alpha value is -6.78. The second-order valence-electron chi connectivity index (χ2n) is 18.8. The van der Waals surface area contributed by atoms with Crippen LogP contribution in [0.3, 0.4) is 0 Å². The molecule has 2 aliphatic carbocycles. The summed E-state index contributed by atoms with van der Waals surface area (Å²) >= 11 is 1.88. The van der Waals surface area contributed by atoms with Crippen molar-refractivity contribution in [2.75, 3.05) is 4.90 Å². The lowest BCUT2D eigenvalue weighted by Gasteiger charge is -2.34. The van der Waals surface area contributed by atoms with Crippen LogP contribution in [0.1, 0.15) is 49.9 Å². The first-order valence-corrected chi connectivity index (χ1v) is 25.1. The van der Waals surface area contributed by atoms with Gasteiger partial charge in [-0.1, -0.05) is 185 Å². The zero-order valence-corrected chi connectivity index (χ0v) is 37.7. The molecule has 0 N–H and O–H groups in total. The molecule has 0 radical (unpaired) electrons. The van der Waals surface area contributed by atoms with Gasteiger partial charge in [-0.3, -0.25) is 0 Å². The van der Waals surface area contributed by atoms with E-state index in [1.165, 1.54) is 114 Å². The van der Waals surface area contributed by atoms with Gasteiger partial charge >= 0.3 is 0 Å². The van der Waals surface area contributed by atoms with Gasteiger partial charge < -0.3 is 4.90 Å². The van der Waals surface area contributed by atoms with Crippen molar-refractivity contribution in [2.24, 2.45) is 0 Å². The highest BCUT2D eigenvalue weighted by molar-refractivity contribution is 7.26. The van der Waals surface area contributed by atoms with Crippen molar-refractivity contribution in [3.8, 4) is 33.4 Å². The maximum Gasteiger partial charge on any atom is 0.180 e. The molecule has 1 nitrogen and oxygen atoms in total. The van der Waals surface area contributed by atoms with Gasteiger partial charge in [0.15, 0.2) is 8.07 Å². The van der Waals surface area contributed by atoms with Gasteiger partial charge in [0, 0.05) is 48.1 Å². The third kappa shape index (κ3) is 4.98. The largest absolute Gasteiger partial charge is 0.310 e. The Labute approximate surface area is 374 Å². The number of hydrogen-bond donors (Lipinski definition) is 0. The van der Waals surface area contributed by atoms with Crippen LogP contribution in [0.5, 0.6) is 0 Å². The summed E-state index contributed by atoms with van der Waals surface area (Å²) in [5, 5.41) is 8.39. The molecule has 0 saturated carbocycles. The van der Waals surface area contributed by atoms with Gasteiger partial charge in [-0.25, -0.2) is 0 Å². The van der Waals surface area contributed by atoms with E-state index in [1.54, 1.807) is 0 Å². The molecule has 9 aromatic carbocycles. The van der Waals surface area contributed by atoms with Crippen molar-refractivity contribution in [3.63, 3.8) is 0 Å². The molecule has 300 valence electrons. The van der Waals surface area contributed by atoms with Crippen molar-refractivity contribution >= 4 is 77.4 Å². The van der Waals surface area contributed by atoms with Crippen LogP contribution in [0.2, 0.25) is 0 Å². The molecule has 0 unspecified atom stereocenters. The third-order valence-corrected chi connectivity index (χ3v) is 20.9. The Bertz CT molecular complexity index is 3510. The maximum absolute atomic E-state index is 2.89. The Morgan fingerprint density at radius 3 is 1.54 bits per heavy atom. The van der Waals surface area contributed by atoms with E-state index in [2.05, 4.69) is 233 Å². The molecule has 0 spiro atoms. The lowest BCUT2D eigenvalue weighted by Crippen LogP contribution is -2.73. The van der Waals surface area contributed by atoms with Crippen LogP contribution in [0.25, 0.3) is 53.6 Å². The molecule has 3 aliphatic rings. The van der Waals surface area contributed by atoms with E-state index in [1.807, 2.05) is 11.3 Å². The van der Waals surface area contributed by atoms with Crippen molar-refractivity contribution in [3.05, 3.63) is 222 Å². The lowest BCUT2D eigenvalue weighted by molar-refractivity contribution is 0.660. The van der Waals surface area contributed by atoms with Gasteiger partial charge in [-0.05, 0) is 119 Å². The minimum atomic E-state index is -2.89. The van der Waals surface area contributed by atoms with Gasteiger partial charge in [0.1, 0.15) is 0 Å². The number of thiophene rings is 1. The summed E-state index contributed by atoms with van der Waals surface area (Å²) in [7, 11) is -2.89. The Morgan fingerprint density at radius 1 is 0.349 bits per heavy atom. The maximum atomic E-state index is 2.61. The summed E-state index contributed by atoms with van der Waals surface area (Å²) < 4.78 is 2.62. The van der Waals surface area contributed by atoms with Gasteiger partial charge in [-0.15, -0.1) is 11.3 Å². The molecule has 0 bridgehead atoms. The van der Waals surface area contributed by atoms with Gasteiger partial charge in [-0.2, -0.15) is 0 Å². The smallest absolute Gasteiger partial charge is 0.180 e. The molecule has 3 heteroatoms. The molecular formula is C60H45NSSi. The zero-order chi connectivity index (χ0) is 42.2. The van der Waals surface area contributed by atoms with E-state index in [4.69, 9.17) is 0 Å². The summed E-state index contributed by atoms with van der Waals surface area (Å²) in [6.45, 7) is 9.59. The molecule has 13 rings (SSSR count). The van der Waals surface area contributed by atoms with Crippen LogP contribution in [0, 0.1) is 0 Å². The summed E-state index contributed by atoms with van der Waals surface area (Å²) in [5.74, 6) is 0. The zero-order valence-electron chi connectivity index (χ0n) is 35.9. The van der Waals surface area contributed by atoms with Crippen molar-refractivity contribution in [1.29, 1.82) is 0 Å². The van der Waals surface area contributed by atoms with Crippen LogP contribution in [-0.2, 0) is 10.8 Å². The first-order chi connectivity index (χ1) is 30.7. The van der Waals surface area contributed by atoms with E-state index in [-0.39, 0.29) is 10.8 Å². The second kappa shape index (κ2) is 13.1. The van der Waals surface area contributed by atoms with E-state index < -0.39 is 8.07 Å². The van der Waals surface area contributed by atoms with Gasteiger partial charge in [0.2, 0.25) is 0 Å². The van der Waals surface area contributed by atoms with Crippen molar-refractivity contribution in [1.82, 2.24) is 0 Å². The Morgan fingerprint density at radius 2 is 0.841 bits per heavy atom. The minimum Gasteiger partial charge on any atom is -0.310 e. The van der Waals surface area contributed by atoms with E-state index in [0.29, 0.717) is 0 Å². The number of nitrogens with zero attached hydrogens (tertiary/aromatic N) is 1. The average molecular weight is 840 g/mol. The normalized spacial score (nSPS) is 15.4. The van der Waals surface area contributed by atoms with Crippen molar-refractivity contribution < 1.29 is 0 Å². The number of rotatable bonds is 5. The molecule has 1 aromatic heterocycles.